The molecule has 0 aliphatic carbocycles. The summed E-state index contributed by atoms with van der Waals surface area (Å²) in [6, 6.07) is 18.3. The second-order valence-electron chi connectivity index (χ2n) is 6.68. The Bertz CT molecular complexity index is 962. The third kappa shape index (κ3) is 3.70. The molecule has 28 heavy (non-hydrogen) atoms. The van der Waals surface area contributed by atoms with E-state index in [9.17, 15) is 5.11 Å². The van der Waals surface area contributed by atoms with Gasteiger partial charge in [0.1, 0.15) is 0 Å². The van der Waals surface area contributed by atoms with Gasteiger partial charge in [-0.3, -0.25) is 4.98 Å². The fourth-order valence-electron chi connectivity index (χ4n) is 3.71. The average Bonchev–Trinajstić information content (AvgIpc) is 3.31. The molecule has 1 aromatic carbocycles. The molecule has 1 saturated heterocycles. The van der Waals surface area contributed by atoms with Gasteiger partial charge in [-0.25, -0.2) is 0 Å². The van der Waals surface area contributed by atoms with Gasteiger partial charge in [0.25, 0.3) is 0 Å². The van der Waals surface area contributed by atoms with E-state index in [4.69, 9.17) is 12.2 Å². The second kappa shape index (κ2) is 8.43. The molecule has 1 aliphatic heterocycles. The first-order chi connectivity index (χ1) is 13.7. The minimum atomic E-state index is -0.0619. The van der Waals surface area contributed by atoms with Gasteiger partial charge in [-0.1, -0.05) is 28.1 Å². The Morgan fingerprint density at radius 2 is 2.04 bits per heavy atom. The van der Waals surface area contributed by atoms with Crippen LogP contribution in [-0.2, 0) is 0 Å². The van der Waals surface area contributed by atoms with E-state index >= 15 is 0 Å². The first-order valence-electron chi connectivity index (χ1n) is 9.21. The van der Waals surface area contributed by atoms with E-state index in [-0.39, 0.29) is 18.7 Å². The summed E-state index contributed by atoms with van der Waals surface area (Å²) in [5, 5.41) is 13.5. The molecule has 3 aromatic rings. The first kappa shape index (κ1) is 19.1. The van der Waals surface area contributed by atoms with Crippen LogP contribution in [0.15, 0.2) is 71.5 Å². The first-order valence-corrected chi connectivity index (χ1v) is 10.4. The molecule has 2 N–H and O–H groups in total. The highest BCUT2D eigenvalue weighted by atomic mass is 79.9. The number of halogens is 1. The van der Waals surface area contributed by atoms with E-state index in [2.05, 4.69) is 66.2 Å². The molecule has 0 spiro atoms. The van der Waals surface area contributed by atoms with Crippen molar-refractivity contribution in [3.8, 4) is 5.69 Å². The zero-order valence-electron chi connectivity index (χ0n) is 15.2. The number of benzene rings is 1. The molecule has 5 nitrogen and oxygen atoms in total. The maximum absolute atomic E-state index is 9.36. The summed E-state index contributed by atoms with van der Waals surface area (Å²) < 4.78 is 3.22. The van der Waals surface area contributed by atoms with Crippen molar-refractivity contribution in [2.45, 2.75) is 18.5 Å². The summed E-state index contributed by atoms with van der Waals surface area (Å²) in [6.45, 7) is 0.812. The number of thiocarbonyl (C=S) groups is 1. The van der Waals surface area contributed by atoms with Gasteiger partial charge in [0.05, 0.1) is 17.8 Å². The minimum Gasteiger partial charge on any atom is -0.396 e. The topological polar surface area (TPSA) is 53.3 Å². The number of nitrogens with one attached hydrogen (secondary N) is 1. The van der Waals surface area contributed by atoms with Crippen LogP contribution in [0.5, 0.6) is 0 Å². The highest BCUT2D eigenvalue weighted by molar-refractivity contribution is 9.10. The predicted octanol–water partition coefficient (Wildman–Crippen LogP) is 3.99. The molecule has 0 amide bonds. The number of pyridine rings is 1. The van der Waals surface area contributed by atoms with Crippen LogP contribution >= 0.6 is 28.1 Å². The highest BCUT2D eigenvalue weighted by Crippen LogP contribution is 2.39. The van der Waals surface area contributed by atoms with Gasteiger partial charge in [0.2, 0.25) is 0 Å². The van der Waals surface area contributed by atoms with Crippen LogP contribution < -0.4 is 5.32 Å². The lowest BCUT2D eigenvalue weighted by molar-refractivity contribution is 0.245. The Morgan fingerprint density at radius 1 is 1.14 bits per heavy atom. The molecule has 2 aromatic heterocycles. The van der Waals surface area contributed by atoms with Gasteiger partial charge in [-0.15, -0.1) is 0 Å². The largest absolute Gasteiger partial charge is 0.396 e. The van der Waals surface area contributed by atoms with Crippen molar-refractivity contribution in [2.75, 3.05) is 13.2 Å². The van der Waals surface area contributed by atoms with Crippen molar-refractivity contribution in [1.82, 2.24) is 19.8 Å². The molecular weight excluding hydrogens is 436 g/mol. The average molecular weight is 457 g/mol. The Labute approximate surface area is 178 Å². The third-order valence-corrected chi connectivity index (χ3v) is 5.77. The van der Waals surface area contributed by atoms with Crippen LogP contribution in [0.1, 0.15) is 29.9 Å². The number of nitrogens with zero attached hydrogens (tertiary/aromatic N) is 3. The zero-order valence-corrected chi connectivity index (χ0v) is 17.6. The van der Waals surface area contributed by atoms with Gasteiger partial charge in [-0.05, 0) is 61.1 Å². The van der Waals surface area contributed by atoms with Crippen LogP contribution in [0.3, 0.4) is 0 Å². The molecule has 2 atom stereocenters. The van der Waals surface area contributed by atoms with Gasteiger partial charge >= 0.3 is 0 Å². The summed E-state index contributed by atoms with van der Waals surface area (Å²) in [6.07, 6.45) is 4.53. The number of aromatic nitrogens is 2. The molecule has 1 aliphatic rings. The van der Waals surface area contributed by atoms with E-state index in [1.807, 2.05) is 30.3 Å². The maximum Gasteiger partial charge on any atom is 0.170 e. The van der Waals surface area contributed by atoms with Crippen molar-refractivity contribution in [1.29, 1.82) is 0 Å². The van der Waals surface area contributed by atoms with Gasteiger partial charge in [0, 0.05) is 41.4 Å². The number of hydrogen-bond acceptors (Lipinski definition) is 3. The predicted molar refractivity (Wildman–Crippen MR) is 117 cm³/mol. The normalized spacial score (nSPS) is 19.1. The van der Waals surface area contributed by atoms with Crippen LogP contribution in [0.2, 0.25) is 0 Å². The quantitative estimate of drug-likeness (QED) is 0.549. The van der Waals surface area contributed by atoms with E-state index in [1.165, 1.54) is 0 Å². The van der Waals surface area contributed by atoms with Crippen LogP contribution in [-0.4, -0.2) is 37.8 Å². The zero-order chi connectivity index (χ0) is 19.5. The summed E-state index contributed by atoms with van der Waals surface area (Å²) in [5.41, 5.74) is 3.15. The van der Waals surface area contributed by atoms with Gasteiger partial charge in [0.15, 0.2) is 5.11 Å². The van der Waals surface area contributed by atoms with Crippen molar-refractivity contribution >= 4 is 33.3 Å². The van der Waals surface area contributed by atoms with Crippen molar-refractivity contribution < 1.29 is 5.11 Å². The number of rotatable bonds is 6. The van der Waals surface area contributed by atoms with Gasteiger partial charge < -0.3 is 19.9 Å². The summed E-state index contributed by atoms with van der Waals surface area (Å²) in [5.74, 6) is 0. The summed E-state index contributed by atoms with van der Waals surface area (Å²) >= 11 is 9.22. The number of hydrogen-bond donors (Lipinski definition) is 2. The van der Waals surface area contributed by atoms with E-state index in [0.29, 0.717) is 18.1 Å². The Morgan fingerprint density at radius 3 is 2.79 bits per heavy atom. The molecule has 144 valence electrons. The molecule has 0 bridgehead atoms. The molecular formula is C21H21BrN4OS. The monoisotopic (exact) mass is 456 g/mol. The Hall–Kier alpha value is -2.22. The maximum atomic E-state index is 9.36. The fourth-order valence-corrected chi connectivity index (χ4v) is 4.42. The second-order valence-corrected chi connectivity index (χ2v) is 7.98. The van der Waals surface area contributed by atoms with Crippen LogP contribution in [0.25, 0.3) is 5.69 Å². The van der Waals surface area contributed by atoms with E-state index in [0.717, 1.165) is 21.5 Å². The SMILES string of the molecule is OCCCN1C(=S)N[C@@H](c2ccccn2)[C@@H]1c1cccn1-c1cccc(Br)c1. The molecule has 7 heteroatoms. The lowest BCUT2D eigenvalue weighted by Crippen LogP contribution is -2.31. The van der Waals surface area contributed by atoms with E-state index in [1.54, 1.807) is 6.20 Å². The Kier molecular flexibility index (Phi) is 5.75. The smallest absolute Gasteiger partial charge is 0.170 e. The van der Waals surface area contributed by atoms with Crippen molar-refractivity contribution in [2.24, 2.45) is 0 Å². The van der Waals surface area contributed by atoms with Gasteiger partial charge in [-0.2, -0.15) is 0 Å². The molecule has 0 radical (unpaired) electrons. The Balaban J connectivity index is 1.79. The lowest BCUT2D eigenvalue weighted by atomic mass is 10.0. The molecule has 0 unspecified atom stereocenters. The fraction of sp³-hybridized carbons (Fsp3) is 0.238. The van der Waals surface area contributed by atoms with Crippen LogP contribution in [0.4, 0.5) is 0 Å². The third-order valence-electron chi connectivity index (χ3n) is 4.92. The minimum absolute atomic E-state index is 0.0251. The molecule has 1 fully saturated rings. The number of aliphatic hydroxyl groups excluding tert-OH is 1. The molecule has 0 saturated carbocycles. The van der Waals surface area contributed by atoms with E-state index < -0.39 is 0 Å². The lowest BCUT2D eigenvalue weighted by Gasteiger charge is -2.28. The van der Waals surface area contributed by atoms with Crippen molar-refractivity contribution in [3.05, 3.63) is 82.9 Å². The van der Waals surface area contributed by atoms with Crippen LogP contribution in [0, 0.1) is 0 Å². The molecule has 4 rings (SSSR count). The summed E-state index contributed by atoms with van der Waals surface area (Å²) in [4.78, 5) is 6.73. The molecule has 3 heterocycles. The number of aliphatic hydroxyl groups is 1. The highest BCUT2D eigenvalue weighted by Gasteiger charge is 2.40. The standard InChI is InChI=1S/C21H21BrN4OS/c22-15-6-3-7-16(14-15)25-11-4-9-18(25)20-19(17-8-1-2-10-23-17)24-21(28)26(20)12-5-13-27/h1-4,6-11,14,19-20,27H,5,12-13H2,(H,24,28)/t19-,20-/m0/s1. The summed E-state index contributed by atoms with van der Waals surface area (Å²) in [7, 11) is 0. The van der Waals surface area contributed by atoms with Crippen molar-refractivity contribution in [3.63, 3.8) is 0 Å².